The Hall–Kier alpha value is -2.29. The van der Waals surface area contributed by atoms with Crippen molar-refractivity contribution in [3.05, 3.63) is 65.2 Å². The minimum atomic E-state index is -0.950. The van der Waals surface area contributed by atoms with Gasteiger partial charge >= 0.3 is 5.97 Å². The average molecular weight is 270 g/mol. The van der Waals surface area contributed by atoms with Crippen molar-refractivity contribution in [2.45, 2.75) is 26.4 Å². The average Bonchev–Trinajstić information content (AvgIpc) is 2.42. The van der Waals surface area contributed by atoms with Gasteiger partial charge in [-0.05, 0) is 37.1 Å². The zero-order chi connectivity index (χ0) is 14.5. The molecule has 0 bridgehead atoms. The van der Waals surface area contributed by atoms with Crippen LogP contribution in [0.2, 0.25) is 0 Å². The van der Waals surface area contributed by atoms with Crippen LogP contribution in [0.3, 0.4) is 0 Å². The van der Waals surface area contributed by atoms with E-state index >= 15 is 0 Å². The molecule has 2 aromatic carbocycles. The van der Waals surface area contributed by atoms with Gasteiger partial charge in [-0.1, -0.05) is 42.0 Å². The van der Waals surface area contributed by atoms with Crippen molar-refractivity contribution in [3.8, 4) is 5.75 Å². The van der Waals surface area contributed by atoms with E-state index in [4.69, 9.17) is 4.74 Å². The Morgan fingerprint density at radius 2 is 1.75 bits per heavy atom. The molecule has 1 N–H and O–H groups in total. The van der Waals surface area contributed by atoms with Crippen molar-refractivity contribution >= 4 is 5.97 Å². The van der Waals surface area contributed by atoms with E-state index in [-0.39, 0.29) is 0 Å². The lowest BCUT2D eigenvalue weighted by molar-refractivity contribution is -0.145. The molecule has 0 aliphatic rings. The molecule has 2 aromatic rings. The highest BCUT2D eigenvalue weighted by Gasteiger charge is 2.20. The molecular weight excluding hydrogens is 252 g/mol. The smallest absolute Gasteiger partial charge is 0.345 e. The lowest BCUT2D eigenvalue weighted by atomic mass is 10.0. The van der Waals surface area contributed by atoms with E-state index in [1.54, 1.807) is 12.1 Å². The maximum absolute atomic E-state index is 11.4. The Bertz CT molecular complexity index is 587. The van der Waals surface area contributed by atoms with Crippen LogP contribution in [-0.2, 0) is 11.2 Å². The summed E-state index contributed by atoms with van der Waals surface area (Å²) < 4.78 is 5.59. The highest BCUT2D eigenvalue weighted by atomic mass is 16.5. The molecule has 0 saturated carbocycles. The molecule has 2 rings (SSSR count). The highest BCUT2D eigenvalue weighted by molar-refractivity contribution is 5.73. The van der Waals surface area contributed by atoms with Crippen LogP contribution in [0.15, 0.2) is 48.5 Å². The third-order valence-corrected chi connectivity index (χ3v) is 3.24. The first-order valence-electron chi connectivity index (χ1n) is 6.57. The maximum atomic E-state index is 11.4. The standard InChI is InChI=1S/C17H18O3/c1-12-7-9-15(10-8-12)20-16(17(18)19)11-14-6-4-3-5-13(14)2/h3-10,16H,11H2,1-2H3,(H,18,19)/t16-/m0/s1. The fourth-order valence-corrected chi connectivity index (χ4v) is 2.00. The Labute approximate surface area is 118 Å². The number of hydrogen-bond acceptors (Lipinski definition) is 2. The number of rotatable bonds is 5. The Morgan fingerprint density at radius 1 is 1.10 bits per heavy atom. The van der Waals surface area contributed by atoms with Gasteiger partial charge in [-0.15, -0.1) is 0 Å². The second kappa shape index (κ2) is 6.24. The summed E-state index contributed by atoms with van der Waals surface area (Å²) in [4.78, 5) is 11.4. The second-order valence-corrected chi connectivity index (χ2v) is 4.89. The Morgan fingerprint density at radius 3 is 2.35 bits per heavy atom. The minimum Gasteiger partial charge on any atom is -0.478 e. The molecule has 0 spiro atoms. The SMILES string of the molecule is Cc1ccc(O[C@@H](Cc2ccccc2C)C(=O)O)cc1. The number of carbonyl (C=O) groups is 1. The van der Waals surface area contributed by atoms with Crippen LogP contribution < -0.4 is 4.74 Å². The first kappa shape index (κ1) is 14.1. The molecule has 0 fully saturated rings. The molecule has 0 saturated heterocycles. The summed E-state index contributed by atoms with van der Waals surface area (Å²) >= 11 is 0. The number of hydrogen-bond donors (Lipinski definition) is 1. The van der Waals surface area contributed by atoms with E-state index in [0.29, 0.717) is 12.2 Å². The van der Waals surface area contributed by atoms with Gasteiger partial charge in [0.2, 0.25) is 0 Å². The monoisotopic (exact) mass is 270 g/mol. The summed E-state index contributed by atoms with van der Waals surface area (Å²) in [5.74, 6) is -0.370. The molecule has 20 heavy (non-hydrogen) atoms. The molecule has 1 atom stereocenters. The van der Waals surface area contributed by atoms with Gasteiger partial charge in [0.05, 0.1) is 0 Å². The number of carboxylic acids is 1. The number of ether oxygens (including phenoxy) is 1. The van der Waals surface area contributed by atoms with Gasteiger partial charge < -0.3 is 9.84 Å². The summed E-state index contributed by atoms with van der Waals surface area (Å²) in [5.41, 5.74) is 3.18. The maximum Gasteiger partial charge on any atom is 0.345 e. The number of aryl methyl sites for hydroxylation is 2. The lowest BCUT2D eigenvalue weighted by Gasteiger charge is -2.16. The van der Waals surface area contributed by atoms with Crippen molar-refractivity contribution in [1.29, 1.82) is 0 Å². The summed E-state index contributed by atoms with van der Waals surface area (Å²) in [6.45, 7) is 3.95. The molecule has 0 aliphatic heterocycles. The van der Waals surface area contributed by atoms with Crippen LogP contribution in [0.25, 0.3) is 0 Å². The fraction of sp³-hybridized carbons (Fsp3) is 0.235. The Balaban J connectivity index is 2.14. The third kappa shape index (κ3) is 3.60. The Kier molecular flexibility index (Phi) is 4.41. The van der Waals surface area contributed by atoms with Gasteiger partial charge in [-0.25, -0.2) is 4.79 Å². The molecule has 0 amide bonds. The highest BCUT2D eigenvalue weighted by Crippen LogP contribution is 2.17. The number of benzene rings is 2. The van der Waals surface area contributed by atoms with Crippen LogP contribution in [0, 0.1) is 13.8 Å². The minimum absolute atomic E-state index is 0.357. The van der Waals surface area contributed by atoms with Crippen LogP contribution in [0.1, 0.15) is 16.7 Å². The molecule has 104 valence electrons. The van der Waals surface area contributed by atoms with Crippen molar-refractivity contribution < 1.29 is 14.6 Å². The van der Waals surface area contributed by atoms with Crippen LogP contribution >= 0.6 is 0 Å². The quantitative estimate of drug-likeness (QED) is 0.906. The molecule has 0 heterocycles. The summed E-state index contributed by atoms with van der Waals surface area (Å²) in [7, 11) is 0. The summed E-state index contributed by atoms with van der Waals surface area (Å²) in [6, 6.07) is 15.2. The zero-order valence-corrected chi connectivity index (χ0v) is 11.7. The lowest BCUT2D eigenvalue weighted by Crippen LogP contribution is -2.29. The van der Waals surface area contributed by atoms with E-state index in [1.165, 1.54) is 0 Å². The van der Waals surface area contributed by atoms with Crippen molar-refractivity contribution in [3.63, 3.8) is 0 Å². The molecule has 0 unspecified atom stereocenters. The van der Waals surface area contributed by atoms with Crippen LogP contribution in [0.4, 0.5) is 0 Å². The van der Waals surface area contributed by atoms with Crippen molar-refractivity contribution in [2.75, 3.05) is 0 Å². The first-order chi connectivity index (χ1) is 9.56. The fourth-order valence-electron chi connectivity index (χ4n) is 2.00. The number of carboxylic acid groups (broad SMARTS) is 1. The zero-order valence-electron chi connectivity index (χ0n) is 11.7. The third-order valence-electron chi connectivity index (χ3n) is 3.24. The van der Waals surface area contributed by atoms with Gasteiger partial charge in [0.15, 0.2) is 6.10 Å². The van der Waals surface area contributed by atoms with Gasteiger partial charge in [0.1, 0.15) is 5.75 Å². The predicted octanol–water partition coefficient (Wildman–Crippen LogP) is 3.38. The molecule has 3 heteroatoms. The van der Waals surface area contributed by atoms with Crippen LogP contribution in [0.5, 0.6) is 5.75 Å². The second-order valence-electron chi connectivity index (χ2n) is 4.89. The van der Waals surface area contributed by atoms with Crippen molar-refractivity contribution in [2.24, 2.45) is 0 Å². The topological polar surface area (TPSA) is 46.5 Å². The van der Waals surface area contributed by atoms with E-state index in [2.05, 4.69) is 0 Å². The van der Waals surface area contributed by atoms with Crippen molar-refractivity contribution in [1.82, 2.24) is 0 Å². The van der Waals surface area contributed by atoms with Gasteiger partial charge in [0, 0.05) is 6.42 Å². The number of aliphatic carboxylic acids is 1. The molecular formula is C17H18O3. The first-order valence-corrected chi connectivity index (χ1v) is 6.57. The molecule has 0 aromatic heterocycles. The van der Waals surface area contributed by atoms with Gasteiger partial charge in [0.25, 0.3) is 0 Å². The summed E-state index contributed by atoms with van der Waals surface area (Å²) in [6.07, 6.45) is -0.519. The van der Waals surface area contributed by atoms with Gasteiger partial charge in [-0.3, -0.25) is 0 Å². The largest absolute Gasteiger partial charge is 0.478 e. The van der Waals surface area contributed by atoms with E-state index in [0.717, 1.165) is 16.7 Å². The van der Waals surface area contributed by atoms with Crippen LogP contribution in [-0.4, -0.2) is 17.2 Å². The normalized spacial score (nSPS) is 11.9. The summed E-state index contributed by atoms with van der Waals surface area (Å²) in [5, 5.41) is 9.32. The molecule has 3 nitrogen and oxygen atoms in total. The van der Waals surface area contributed by atoms with Gasteiger partial charge in [-0.2, -0.15) is 0 Å². The van der Waals surface area contributed by atoms with E-state index < -0.39 is 12.1 Å². The van der Waals surface area contributed by atoms with E-state index in [9.17, 15) is 9.90 Å². The molecule has 0 aliphatic carbocycles. The predicted molar refractivity (Wildman–Crippen MR) is 78.1 cm³/mol. The molecule has 0 radical (unpaired) electrons. The van der Waals surface area contributed by atoms with E-state index in [1.807, 2.05) is 50.2 Å².